The molecule has 0 amide bonds. The van der Waals surface area contributed by atoms with Crippen LogP contribution < -0.4 is 47.0 Å². The zero-order valence-electron chi connectivity index (χ0n) is 31.2. The molecule has 4 N–H and O–H groups in total. The second-order valence-corrected chi connectivity index (χ2v) is 14.9. The smallest absolute Gasteiger partial charge is 0.657 e. The van der Waals surface area contributed by atoms with E-state index in [1.54, 1.807) is 6.08 Å². The number of ether oxygens (including phenoxy) is 2. The van der Waals surface area contributed by atoms with Crippen molar-refractivity contribution in [3.8, 4) is 0 Å². The van der Waals surface area contributed by atoms with Gasteiger partial charge in [0.05, 0.1) is 20.3 Å². The van der Waals surface area contributed by atoms with Gasteiger partial charge in [0, 0.05) is 23.8 Å². The van der Waals surface area contributed by atoms with Crippen molar-refractivity contribution < 1.29 is 33.9 Å². The molecule has 270 valence electrons. The number of fused-ring (bicyclic) bond motifs is 7. The van der Waals surface area contributed by atoms with Crippen LogP contribution in [-0.2, 0) is 32.1 Å². The van der Waals surface area contributed by atoms with Crippen LogP contribution in [0.15, 0.2) is 6.58 Å². The molecule has 11 nitrogen and oxygen atoms in total. The Hall–Kier alpha value is -3.68. The number of nitrogens with one attached hydrogen (secondary N) is 1. The van der Waals surface area contributed by atoms with E-state index >= 15 is 0 Å². The van der Waals surface area contributed by atoms with Crippen molar-refractivity contribution in [3.05, 3.63) is 72.7 Å². The molecule has 2 unspecified atom stereocenters. The Kier molecular flexibility index (Phi) is 10.2. The number of ketones is 1. The number of Topliss-reactive ketones (excluding diaryl/α,β-unsaturated/α-hetero) is 1. The number of aromatic nitrogens is 3. The zero-order valence-corrected chi connectivity index (χ0v) is 32.6. The third-order valence-corrected chi connectivity index (χ3v) is 11.9. The van der Waals surface area contributed by atoms with Crippen molar-refractivity contribution in [2.45, 2.75) is 85.5 Å². The summed E-state index contributed by atoms with van der Waals surface area (Å²) in [4.78, 5) is 57.1. The van der Waals surface area contributed by atoms with Crippen molar-refractivity contribution in [3.63, 3.8) is 0 Å². The maximum atomic E-state index is 14.4. The van der Waals surface area contributed by atoms with Crippen molar-refractivity contribution >= 4 is 70.3 Å². The Balaban J connectivity index is 0.00000464. The molecule has 0 spiro atoms. The summed E-state index contributed by atoms with van der Waals surface area (Å²) in [6.45, 7) is 16.3. The number of nitrogens with zero attached hydrogens (tertiary/aromatic N) is 3. The first-order valence-corrected chi connectivity index (χ1v) is 18.0. The van der Waals surface area contributed by atoms with Gasteiger partial charge in [-0.1, -0.05) is 74.5 Å². The van der Waals surface area contributed by atoms with Gasteiger partial charge in [-0.25, -0.2) is 0 Å². The van der Waals surface area contributed by atoms with E-state index in [9.17, 15) is 19.5 Å². The maximum absolute atomic E-state index is 14.4. The number of hydrogen-bond donors (Lipinski definition) is 3. The van der Waals surface area contributed by atoms with Gasteiger partial charge in [-0.3, -0.25) is 25.0 Å². The first kappa shape index (κ1) is 38.1. The number of rotatable bonds is 10. The molecular formula is C40H47MgN5O6. The summed E-state index contributed by atoms with van der Waals surface area (Å²) in [6.07, 6.45) is 7.56. The van der Waals surface area contributed by atoms with Crippen LogP contribution in [0.1, 0.15) is 96.5 Å². The second kappa shape index (κ2) is 13.9. The van der Waals surface area contributed by atoms with Gasteiger partial charge in [0.25, 0.3) is 0 Å². The molecule has 1 aliphatic carbocycles. The van der Waals surface area contributed by atoms with E-state index < -0.39 is 23.6 Å². The van der Waals surface area contributed by atoms with Gasteiger partial charge in [-0.2, -0.15) is 0 Å². The van der Waals surface area contributed by atoms with Crippen LogP contribution in [0, 0.1) is 37.5 Å². The summed E-state index contributed by atoms with van der Waals surface area (Å²) < 4.78 is 10.9. The van der Waals surface area contributed by atoms with Gasteiger partial charge in [0.1, 0.15) is 12.0 Å². The van der Waals surface area contributed by atoms with E-state index in [-0.39, 0.29) is 59.7 Å². The molecule has 52 heavy (non-hydrogen) atoms. The second-order valence-electron chi connectivity index (χ2n) is 14.9. The van der Waals surface area contributed by atoms with E-state index in [4.69, 9.17) is 30.2 Å². The summed E-state index contributed by atoms with van der Waals surface area (Å²) in [5, 5.41) is 13.0. The molecule has 6 atom stereocenters. The van der Waals surface area contributed by atoms with Crippen molar-refractivity contribution in [1.29, 1.82) is 0 Å². The standard InChI is InChI=1S/C40H47N5O6.Mg/c1-9-22-19(5)34-38-40(41)21(7)24(11-12-30(47)51-14-13-18(3)4)36(45(38)40)32-33(39(49)50-8)37(48)31-20(6)26(43-35(31)32)15-28-23(10-2)25(17-46)29(42-28)16-27(22)44-34;/h9,15-16,18,21,24,33,36,46H,1,10-14,17,41H2,2-8H3,(H-,42,44,48);/q-2;+2/b38-34-;/t21-,24-,33+,36?,40-,45?;/m0./s1. The molecule has 3 aliphatic heterocycles. The van der Waals surface area contributed by atoms with Crippen LogP contribution in [0.25, 0.3) is 29.5 Å². The Morgan fingerprint density at radius 3 is 2.40 bits per heavy atom. The first-order valence-electron chi connectivity index (χ1n) is 18.0. The summed E-state index contributed by atoms with van der Waals surface area (Å²) in [7, 11) is 1.29. The molecule has 0 radical (unpaired) electrons. The van der Waals surface area contributed by atoms with E-state index in [0.717, 1.165) is 39.1 Å². The number of quaternary nitrogens is 1. The summed E-state index contributed by atoms with van der Waals surface area (Å²) in [5.41, 5.74) is 13.6. The molecule has 0 aromatic carbocycles. The number of methoxy groups -OCH3 is 1. The molecule has 0 saturated carbocycles. The molecule has 6 bridgehead atoms. The number of esters is 2. The number of aliphatic hydroxyl groups excluding tert-OH is 1. The summed E-state index contributed by atoms with van der Waals surface area (Å²) >= 11 is 0. The Bertz CT molecular complexity index is 2260. The molecular weight excluding hydrogens is 671 g/mol. The SMILES string of the molecule is C=Cc1c(C)/c2[n-]/c1=C\c1[n-]c(c(CC)c1CO)/C=c1\[n-]c3c(c1C)C(=O)[C@H](C(=O)OC)C=3C1[C@@H](CCC(=O)OCCC(C)C)[C@H](C)[C@@]3(N)/C=2[NH+]13.[Mg+2]. The minimum Gasteiger partial charge on any atom is -0.657 e. The minimum atomic E-state index is -1.19. The first-order chi connectivity index (χ1) is 24.3. The monoisotopic (exact) mass is 717 g/mol. The maximum Gasteiger partial charge on any atom is 2.00 e. The van der Waals surface area contributed by atoms with Crippen molar-refractivity contribution in [2.24, 2.45) is 29.4 Å². The zero-order chi connectivity index (χ0) is 36.7. The van der Waals surface area contributed by atoms with Crippen LogP contribution in [0.5, 0.6) is 0 Å². The normalized spacial score (nSPS) is 27.5. The number of piperidine rings is 1. The van der Waals surface area contributed by atoms with Gasteiger partial charge in [0.2, 0.25) is 5.66 Å². The van der Waals surface area contributed by atoms with E-state index in [1.165, 1.54) is 7.11 Å². The molecule has 2 saturated heterocycles. The van der Waals surface area contributed by atoms with Crippen molar-refractivity contribution in [2.75, 3.05) is 13.7 Å². The fourth-order valence-electron chi connectivity index (χ4n) is 9.10. The van der Waals surface area contributed by atoms with Gasteiger partial charge >= 0.3 is 35.0 Å². The average Bonchev–Trinajstić information content (AvgIpc) is 3.49. The van der Waals surface area contributed by atoms with E-state index in [1.807, 2.05) is 32.9 Å². The Morgan fingerprint density at radius 1 is 1.10 bits per heavy atom. The average molecular weight is 718 g/mol. The van der Waals surface area contributed by atoms with Gasteiger partial charge < -0.3 is 29.5 Å². The minimum absolute atomic E-state index is 0. The molecule has 4 aliphatic rings. The molecule has 3 aromatic rings. The summed E-state index contributed by atoms with van der Waals surface area (Å²) in [6, 6.07) is -0.462. The fourth-order valence-corrected chi connectivity index (χ4v) is 9.10. The van der Waals surface area contributed by atoms with Gasteiger partial charge in [-0.15, -0.1) is 27.4 Å². The van der Waals surface area contributed by atoms with Crippen LogP contribution >= 0.6 is 0 Å². The molecule has 6 heterocycles. The summed E-state index contributed by atoms with van der Waals surface area (Å²) in [5.74, 6) is -2.42. The number of nitrogens with two attached hydrogens (primary N) is 1. The van der Waals surface area contributed by atoms with Crippen LogP contribution in [-0.4, -0.2) is 71.3 Å². The third-order valence-electron chi connectivity index (χ3n) is 11.9. The van der Waals surface area contributed by atoms with Gasteiger partial charge in [0.15, 0.2) is 11.5 Å². The topological polar surface area (TPSA) is 163 Å². The molecule has 7 rings (SSSR count). The molecule has 3 aromatic heterocycles. The van der Waals surface area contributed by atoms with E-state index in [2.05, 4.69) is 27.4 Å². The van der Waals surface area contributed by atoms with Crippen molar-refractivity contribution in [1.82, 2.24) is 15.0 Å². The van der Waals surface area contributed by atoms with E-state index in [0.29, 0.717) is 75.1 Å². The molecule has 2 fully saturated rings. The Morgan fingerprint density at radius 2 is 1.77 bits per heavy atom. The number of aliphatic hydroxyl groups is 1. The predicted octanol–water partition coefficient (Wildman–Crippen LogP) is -1.03. The number of carbonyl (C=O) groups is 3. The van der Waals surface area contributed by atoms with Crippen LogP contribution in [0.4, 0.5) is 0 Å². The number of hydrogen-bond acceptors (Lipinski definition) is 7. The van der Waals surface area contributed by atoms with Crippen LogP contribution in [0.2, 0.25) is 0 Å². The quantitative estimate of drug-likeness (QED) is 0.102. The third kappa shape index (κ3) is 5.52. The molecule has 12 heteroatoms. The number of carbonyl (C=O) groups excluding carboxylic acids is 3. The van der Waals surface area contributed by atoms with Crippen LogP contribution in [0.3, 0.4) is 0 Å². The van der Waals surface area contributed by atoms with Gasteiger partial charge in [-0.05, 0) is 55.7 Å². The Labute approximate surface area is 319 Å². The largest absolute Gasteiger partial charge is 2.00 e. The predicted molar refractivity (Wildman–Crippen MR) is 196 cm³/mol. The fraction of sp³-hybridized carbons (Fsp3) is 0.475.